The van der Waals surface area contributed by atoms with Crippen molar-refractivity contribution in [3.05, 3.63) is 35.6 Å². The summed E-state index contributed by atoms with van der Waals surface area (Å²) in [6, 6.07) is 6.83. The maximum atomic E-state index is 13.4. The van der Waals surface area contributed by atoms with Crippen LogP contribution in [0.1, 0.15) is 17.7 Å². The summed E-state index contributed by atoms with van der Waals surface area (Å²) in [5.41, 5.74) is 6.28. The van der Waals surface area contributed by atoms with Crippen molar-refractivity contribution >= 4 is 16.9 Å². The third-order valence-electron chi connectivity index (χ3n) is 2.23. The molecule has 4 heteroatoms. The van der Waals surface area contributed by atoms with Crippen LogP contribution in [0.5, 0.6) is 0 Å². The molecule has 1 aliphatic rings. The molecule has 0 spiro atoms. The van der Waals surface area contributed by atoms with Gasteiger partial charge in [-0.25, -0.2) is 4.39 Å². The molecule has 2 N–H and O–H groups in total. The van der Waals surface area contributed by atoms with Gasteiger partial charge in [-0.1, -0.05) is 30.0 Å². The number of rotatable bonds is 1. The molecule has 74 valence electrons. The van der Waals surface area contributed by atoms with Crippen molar-refractivity contribution in [1.82, 2.24) is 0 Å². The largest absolute Gasteiger partial charge is 0.379 e. The van der Waals surface area contributed by atoms with E-state index in [1.165, 1.54) is 17.8 Å². The van der Waals surface area contributed by atoms with Gasteiger partial charge >= 0.3 is 0 Å². The Hall–Kier alpha value is -1.03. The Labute approximate surface area is 86.4 Å². The number of benzene rings is 1. The third-order valence-corrected chi connectivity index (χ3v) is 3.48. The van der Waals surface area contributed by atoms with Gasteiger partial charge in [0.1, 0.15) is 5.82 Å². The number of amidine groups is 1. The molecule has 1 aromatic rings. The molecule has 0 fully saturated rings. The lowest BCUT2D eigenvalue weighted by atomic mass is 10.1. The lowest BCUT2D eigenvalue weighted by Crippen LogP contribution is -2.06. The van der Waals surface area contributed by atoms with E-state index in [1.807, 2.05) is 13.0 Å². The average Bonchev–Trinajstić information content (AvgIpc) is 2.46. The summed E-state index contributed by atoms with van der Waals surface area (Å²) in [6.07, 6.45) is 0. The molecular weight excluding hydrogens is 199 g/mol. The van der Waals surface area contributed by atoms with E-state index in [4.69, 9.17) is 5.73 Å². The molecule has 1 unspecified atom stereocenters. The van der Waals surface area contributed by atoms with Gasteiger partial charge < -0.3 is 5.73 Å². The first-order valence-electron chi connectivity index (χ1n) is 4.43. The molecule has 1 aliphatic heterocycles. The lowest BCUT2D eigenvalue weighted by molar-refractivity contribution is 0.595. The van der Waals surface area contributed by atoms with E-state index in [9.17, 15) is 4.39 Å². The second kappa shape index (κ2) is 3.61. The summed E-state index contributed by atoms with van der Waals surface area (Å²) in [7, 11) is 0. The zero-order chi connectivity index (χ0) is 10.1. The molecular formula is C10H11FN2S. The molecule has 2 rings (SSSR count). The van der Waals surface area contributed by atoms with Gasteiger partial charge in [0.05, 0.1) is 11.3 Å². The molecule has 0 amide bonds. The minimum atomic E-state index is -0.179. The highest BCUT2D eigenvalue weighted by Crippen LogP contribution is 2.39. The van der Waals surface area contributed by atoms with Crippen LogP contribution in [0, 0.1) is 5.82 Å². The SMILES string of the molecule is C[C@H]1N=C(N)SC1c1ccccc1F. The Balaban J connectivity index is 2.30. The smallest absolute Gasteiger partial charge is 0.154 e. The molecule has 0 radical (unpaired) electrons. The molecule has 0 aliphatic carbocycles. The summed E-state index contributed by atoms with van der Waals surface area (Å²) >= 11 is 1.43. The van der Waals surface area contributed by atoms with E-state index in [0.29, 0.717) is 10.7 Å². The Kier molecular flexibility index (Phi) is 2.46. The van der Waals surface area contributed by atoms with E-state index in [2.05, 4.69) is 4.99 Å². The third kappa shape index (κ3) is 1.62. The molecule has 0 bridgehead atoms. The molecule has 1 heterocycles. The van der Waals surface area contributed by atoms with Crippen molar-refractivity contribution in [2.75, 3.05) is 0 Å². The number of nitrogens with zero attached hydrogens (tertiary/aromatic N) is 1. The first kappa shape index (κ1) is 9.52. The van der Waals surface area contributed by atoms with Crippen LogP contribution < -0.4 is 5.73 Å². The van der Waals surface area contributed by atoms with Crippen LogP contribution in [0.3, 0.4) is 0 Å². The Morgan fingerprint density at radius 3 is 2.71 bits per heavy atom. The van der Waals surface area contributed by atoms with Gasteiger partial charge in [0, 0.05) is 5.56 Å². The Morgan fingerprint density at radius 2 is 2.14 bits per heavy atom. The molecule has 2 atom stereocenters. The van der Waals surface area contributed by atoms with Gasteiger partial charge in [-0.3, -0.25) is 4.99 Å². The Bertz CT molecular complexity index is 378. The summed E-state index contributed by atoms with van der Waals surface area (Å²) in [5.74, 6) is -0.179. The fourth-order valence-electron chi connectivity index (χ4n) is 1.56. The van der Waals surface area contributed by atoms with Crippen molar-refractivity contribution in [3.63, 3.8) is 0 Å². The highest BCUT2D eigenvalue weighted by atomic mass is 32.2. The molecule has 1 aromatic carbocycles. The molecule has 0 aromatic heterocycles. The van der Waals surface area contributed by atoms with Crippen LogP contribution >= 0.6 is 11.8 Å². The van der Waals surface area contributed by atoms with E-state index in [1.54, 1.807) is 12.1 Å². The highest BCUT2D eigenvalue weighted by Gasteiger charge is 2.28. The van der Waals surface area contributed by atoms with E-state index < -0.39 is 0 Å². The van der Waals surface area contributed by atoms with Crippen molar-refractivity contribution in [3.8, 4) is 0 Å². The van der Waals surface area contributed by atoms with Crippen molar-refractivity contribution in [1.29, 1.82) is 0 Å². The number of hydrogen-bond donors (Lipinski definition) is 1. The van der Waals surface area contributed by atoms with E-state index in [0.717, 1.165) is 0 Å². The zero-order valence-electron chi connectivity index (χ0n) is 7.77. The molecule has 2 nitrogen and oxygen atoms in total. The quantitative estimate of drug-likeness (QED) is 0.772. The predicted molar refractivity (Wildman–Crippen MR) is 57.8 cm³/mol. The van der Waals surface area contributed by atoms with Gasteiger partial charge in [0.25, 0.3) is 0 Å². The van der Waals surface area contributed by atoms with E-state index >= 15 is 0 Å². The number of aliphatic imine (C=N–C) groups is 1. The fraction of sp³-hybridized carbons (Fsp3) is 0.300. The number of hydrogen-bond acceptors (Lipinski definition) is 3. The van der Waals surface area contributed by atoms with Crippen molar-refractivity contribution < 1.29 is 4.39 Å². The molecule has 0 saturated carbocycles. The monoisotopic (exact) mass is 210 g/mol. The maximum absolute atomic E-state index is 13.4. The van der Waals surface area contributed by atoms with Crippen LogP contribution in [0.15, 0.2) is 29.3 Å². The number of halogens is 1. The van der Waals surface area contributed by atoms with Gasteiger partial charge in [-0.05, 0) is 13.0 Å². The highest BCUT2D eigenvalue weighted by molar-refractivity contribution is 8.14. The summed E-state index contributed by atoms with van der Waals surface area (Å²) in [4.78, 5) is 4.18. The van der Waals surface area contributed by atoms with Gasteiger partial charge in [-0.15, -0.1) is 0 Å². The van der Waals surface area contributed by atoms with Crippen molar-refractivity contribution in [2.45, 2.75) is 18.2 Å². The minimum Gasteiger partial charge on any atom is -0.379 e. The van der Waals surface area contributed by atoms with Crippen LogP contribution in [-0.2, 0) is 0 Å². The Morgan fingerprint density at radius 1 is 1.43 bits per heavy atom. The minimum absolute atomic E-state index is 0.0243. The summed E-state index contributed by atoms with van der Waals surface area (Å²) < 4.78 is 13.4. The summed E-state index contributed by atoms with van der Waals surface area (Å²) in [6.45, 7) is 1.95. The van der Waals surface area contributed by atoms with E-state index in [-0.39, 0.29) is 17.1 Å². The topological polar surface area (TPSA) is 38.4 Å². The van der Waals surface area contributed by atoms with Crippen LogP contribution in [-0.4, -0.2) is 11.2 Å². The van der Waals surface area contributed by atoms with Crippen LogP contribution in [0.2, 0.25) is 0 Å². The number of thioether (sulfide) groups is 1. The number of nitrogens with two attached hydrogens (primary N) is 1. The first-order valence-corrected chi connectivity index (χ1v) is 5.31. The summed E-state index contributed by atoms with van der Waals surface area (Å²) in [5, 5.41) is 0.571. The molecule has 0 saturated heterocycles. The second-order valence-corrected chi connectivity index (χ2v) is 4.43. The van der Waals surface area contributed by atoms with Gasteiger partial charge in [-0.2, -0.15) is 0 Å². The fourth-order valence-corrected chi connectivity index (χ4v) is 2.62. The first-order chi connectivity index (χ1) is 6.68. The average molecular weight is 210 g/mol. The van der Waals surface area contributed by atoms with Gasteiger partial charge in [0.15, 0.2) is 5.17 Å². The second-order valence-electron chi connectivity index (χ2n) is 3.27. The zero-order valence-corrected chi connectivity index (χ0v) is 8.59. The van der Waals surface area contributed by atoms with Crippen LogP contribution in [0.25, 0.3) is 0 Å². The molecule has 14 heavy (non-hydrogen) atoms. The standard InChI is InChI=1S/C10H11FN2S/c1-6-9(14-10(12)13-6)7-4-2-3-5-8(7)11/h2-6,9H,1H3,(H2,12,13)/t6-,9?/m1/s1. The lowest BCUT2D eigenvalue weighted by Gasteiger charge is -2.13. The maximum Gasteiger partial charge on any atom is 0.154 e. The van der Waals surface area contributed by atoms with Crippen LogP contribution in [0.4, 0.5) is 4.39 Å². The van der Waals surface area contributed by atoms with Gasteiger partial charge in [0.2, 0.25) is 0 Å². The normalized spacial score (nSPS) is 26.3. The van der Waals surface area contributed by atoms with Crippen molar-refractivity contribution in [2.24, 2.45) is 10.7 Å². The predicted octanol–water partition coefficient (Wildman–Crippen LogP) is 2.32.